The highest BCUT2D eigenvalue weighted by atomic mass is 35.5. The van der Waals surface area contributed by atoms with Crippen molar-refractivity contribution in [3.63, 3.8) is 0 Å². The van der Waals surface area contributed by atoms with Crippen molar-refractivity contribution in [2.75, 3.05) is 23.3 Å². The number of fused-ring (bicyclic) bond motifs is 1. The maximum Gasteiger partial charge on any atom is 0.341 e. The van der Waals surface area contributed by atoms with Crippen LogP contribution in [0.4, 0.5) is 10.7 Å². The van der Waals surface area contributed by atoms with Gasteiger partial charge in [0.2, 0.25) is 5.91 Å². The zero-order valence-corrected chi connectivity index (χ0v) is 21.2. The number of sulfonamides is 1. The van der Waals surface area contributed by atoms with Crippen LogP contribution in [0.1, 0.15) is 27.2 Å². The van der Waals surface area contributed by atoms with Gasteiger partial charge in [-0.1, -0.05) is 41.4 Å². The first kappa shape index (κ1) is 24.5. The lowest BCUT2D eigenvalue weighted by Crippen LogP contribution is -2.38. The zero-order chi connectivity index (χ0) is 24.5. The third-order valence-electron chi connectivity index (χ3n) is 5.36. The largest absolute Gasteiger partial charge is 0.465 e. The molecule has 1 heterocycles. The van der Waals surface area contributed by atoms with E-state index in [9.17, 15) is 18.0 Å². The zero-order valence-electron chi connectivity index (χ0n) is 18.0. The summed E-state index contributed by atoms with van der Waals surface area (Å²) in [6.45, 7) is -0.583. The first-order valence-corrected chi connectivity index (χ1v) is 13.3. The molecule has 0 unspecified atom stereocenters. The van der Waals surface area contributed by atoms with Gasteiger partial charge < -0.3 is 10.1 Å². The van der Waals surface area contributed by atoms with E-state index in [0.717, 1.165) is 34.0 Å². The second-order valence-electron chi connectivity index (χ2n) is 7.52. The van der Waals surface area contributed by atoms with Gasteiger partial charge in [0, 0.05) is 9.90 Å². The smallest absolute Gasteiger partial charge is 0.341 e. The Morgan fingerprint density at radius 3 is 2.56 bits per heavy atom. The second-order valence-corrected chi connectivity index (χ2v) is 11.3. The fraction of sp³-hybridized carbons (Fsp3) is 0.217. The van der Waals surface area contributed by atoms with Gasteiger partial charge in [-0.25, -0.2) is 13.2 Å². The molecule has 0 aliphatic heterocycles. The Kier molecular flexibility index (Phi) is 7.18. The van der Waals surface area contributed by atoms with E-state index in [1.54, 1.807) is 18.2 Å². The topological polar surface area (TPSA) is 92.8 Å². The lowest BCUT2D eigenvalue weighted by Gasteiger charge is -2.25. The molecule has 4 rings (SSSR count). The summed E-state index contributed by atoms with van der Waals surface area (Å²) >= 11 is 13.7. The number of thiophene rings is 1. The van der Waals surface area contributed by atoms with Gasteiger partial charge in [0.15, 0.2) is 0 Å². The van der Waals surface area contributed by atoms with Crippen LogP contribution < -0.4 is 9.62 Å². The second kappa shape index (κ2) is 9.95. The van der Waals surface area contributed by atoms with E-state index in [4.69, 9.17) is 27.9 Å². The summed E-state index contributed by atoms with van der Waals surface area (Å²) in [4.78, 5) is 26.5. The molecule has 0 saturated carbocycles. The van der Waals surface area contributed by atoms with E-state index in [-0.39, 0.29) is 20.6 Å². The predicted octanol–water partition coefficient (Wildman–Crippen LogP) is 5.16. The van der Waals surface area contributed by atoms with Crippen LogP contribution in [0.15, 0.2) is 53.4 Å². The average Bonchev–Trinajstić information content (AvgIpc) is 3.40. The van der Waals surface area contributed by atoms with Crippen molar-refractivity contribution in [1.82, 2.24) is 0 Å². The molecular formula is C23H20Cl2N2O5S2. The van der Waals surface area contributed by atoms with E-state index < -0.39 is 28.4 Å². The van der Waals surface area contributed by atoms with E-state index in [1.807, 2.05) is 0 Å². The standard InChI is InChI=1S/C23H20Cl2N2O5S2/c1-32-23(29)21-16-8-5-9-19(16)33-22(21)26-20(28)13-27(18-12-14(24)10-11-17(18)25)34(30,31)15-6-3-2-4-7-15/h2-4,6-7,10-12H,5,8-9,13H2,1H3,(H,26,28). The van der Waals surface area contributed by atoms with Gasteiger partial charge in [0.05, 0.1) is 28.3 Å². The van der Waals surface area contributed by atoms with Gasteiger partial charge in [-0.05, 0) is 55.2 Å². The summed E-state index contributed by atoms with van der Waals surface area (Å²) in [5.41, 5.74) is 1.26. The number of rotatable bonds is 7. The molecule has 3 aromatic rings. The molecule has 178 valence electrons. The molecule has 1 amide bonds. The van der Waals surface area contributed by atoms with E-state index in [0.29, 0.717) is 10.6 Å². The van der Waals surface area contributed by atoms with Gasteiger partial charge in [-0.3, -0.25) is 9.10 Å². The van der Waals surface area contributed by atoms with Crippen LogP contribution in [-0.2, 0) is 32.4 Å². The Morgan fingerprint density at radius 1 is 1.12 bits per heavy atom. The number of carbonyl (C=O) groups is 2. The van der Waals surface area contributed by atoms with Crippen LogP contribution in [-0.4, -0.2) is 33.9 Å². The number of methoxy groups -OCH3 is 1. The van der Waals surface area contributed by atoms with E-state index in [2.05, 4.69) is 5.32 Å². The number of ether oxygens (including phenoxy) is 1. The molecule has 0 bridgehead atoms. The quantitative estimate of drug-likeness (QED) is 0.419. The number of anilines is 2. The molecule has 0 spiro atoms. The Labute approximate surface area is 211 Å². The highest BCUT2D eigenvalue weighted by molar-refractivity contribution is 7.92. The van der Waals surface area contributed by atoms with Gasteiger partial charge in [0.1, 0.15) is 11.5 Å². The van der Waals surface area contributed by atoms with Gasteiger partial charge in [0.25, 0.3) is 10.0 Å². The number of carbonyl (C=O) groups excluding carboxylic acids is 2. The Bertz CT molecular complexity index is 1360. The SMILES string of the molecule is COC(=O)c1c(NC(=O)CN(c2cc(Cl)ccc2Cl)S(=O)(=O)c2ccccc2)sc2c1CCC2. The minimum absolute atomic E-state index is 0.0100. The molecule has 11 heteroatoms. The van der Waals surface area contributed by atoms with Crippen molar-refractivity contribution in [2.45, 2.75) is 24.2 Å². The molecule has 0 saturated heterocycles. The highest BCUT2D eigenvalue weighted by Crippen LogP contribution is 2.40. The first-order valence-electron chi connectivity index (χ1n) is 10.3. The molecular weight excluding hydrogens is 519 g/mol. The monoisotopic (exact) mass is 538 g/mol. The van der Waals surface area contributed by atoms with Gasteiger partial charge in [-0.2, -0.15) is 0 Å². The molecule has 34 heavy (non-hydrogen) atoms. The lowest BCUT2D eigenvalue weighted by molar-refractivity contribution is -0.114. The molecule has 2 aromatic carbocycles. The molecule has 0 atom stereocenters. The minimum Gasteiger partial charge on any atom is -0.465 e. The van der Waals surface area contributed by atoms with Crippen molar-refractivity contribution < 1.29 is 22.7 Å². The first-order chi connectivity index (χ1) is 16.2. The molecule has 1 aliphatic rings. The number of hydrogen-bond acceptors (Lipinski definition) is 6. The fourth-order valence-corrected chi connectivity index (χ4v) is 6.99. The van der Waals surface area contributed by atoms with Crippen molar-refractivity contribution in [1.29, 1.82) is 0 Å². The van der Waals surface area contributed by atoms with Crippen LogP contribution in [0.5, 0.6) is 0 Å². The van der Waals surface area contributed by atoms with Crippen molar-refractivity contribution in [3.8, 4) is 0 Å². The molecule has 1 aromatic heterocycles. The average molecular weight is 539 g/mol. The van der Waals surface area contributed by atoms with E-state index in [1.165, 1.54) is 48.8 Å². The van der Waals surface area contributed by atoms with Crippen LogP contribution in [0.3, 0.4) is 0 Å². The van der Waals surface area contributed by atoms with Crippen LogP contribution >= 0.6 is 34.5 Å². The maximum absolute atomic E-state index is 13.5. The summed E-state index contributed by atoms with van der Waals surface area (Å²) in [5, 5.41) is 3.43. The summed E-state index contributed by atoms with van der Waals surface area (Å²) < 4.78 is 32.8. The summed E-state index contributed by atoms with van der Waals surface area (Å²) in [5.74, 6) is -1.18. The Hall–Kier alpha value is -2.59. The minimum atomic E-state index is -4.17. The number of nitrogens with zero attached hydrogens (tertiary/aromatic N) is 1. The number of benzene rings is 2. The number of hydrogen-bond donors (Lipinski definition) is 1. The third-order valence-corrected chi connectivity index (χ3v) is 8.89. The van der Waals surface area contributed by atoms with Crippen LogP contribution in [0.2, 0.25) is 10.0 Å². The number of halogens is 2. The van der Waals surface area contributed by atoms with Gasteiger partial charge in [-0.15, -0.1) is 11.3 Å². The van der Waals surface area contributed by atoms with Gasteiger partial charge >= 0.3 is 5.97 Å². The van der Waals surface area contributed by atoms with Crippen molar-refractivity contribution in [3.05, 3.63) is 74.6 Å². The lowest BCUT2D eigenvalue weighted by atomic mass is 10.1. The number of esters is 1. The van der Waals surface area contributed by atoms with Crippen LogP contribution in [0, 0.1) is 0 Å². The third kappa shape index (κ3) is 4.79. The number of aryl methyl sites for hydroxylation is 1. The summed E-state index contributed by atoms with van der Waals surface area (Å²) in [6, 6.07) is 12.1. The van der Waals surface area contributed by atoms with Crippen molar-refractivity contribution >= 4 is 67.1 Å². The van der Waals surface area contributed by atoms with Crippen LogP contribution in [0.25, 0.3) is 0 Å². The maximum atomic E-state index is 13.5. The van der Waals surface area contributed by atoms with Crippen molar-refractivity contribution in [2.24, 2.45) is 0 Å². The molecule has 0 radical (unpaired) electrons. The summed E-state index contributed by atoms with van der Waals surface area (Å²) in [6.07, 6.45) is 2.46. The molecule has 1 aliphatic carbocycles. The molecule has 1 N–H and O–H groups in total. The highest BCUT2D eigenvalue weighted by Gasteiger charge is 2.31. The Morgan fingerprint density at radius 2 is 1.85 bits per heavy atom. The normalized spacial score (nSPS) is 12.8. The predicted molar refractivity (Wildman–Crippen MR) is 134 cm³/mol. The fourth-order valence-electron chi connectivity index (χ4n) is 3.80. The molecule has 0 fully saturated rings. The Balaban J connectivity index is 1.70. The summed E-state index contributed by atoms with van der Waals surface area (Å²) in [7, 11) is -2.89. The number of nitrogens with one attached hydrogen (secondary N) is 1. The molecule has 7 nitrogen and oxygen atoms in total. The van der Waals surface area contributed by atoms with E-state index >= 15 is 0 Å². The number of amides is 1.